The smallest absolute Gasteiger partial charge is 0.104 e. The van der Waals surface area contributed by atoms with Gasteiger partial charge in [0.1, 0.15) is 6.10 Å². The Morgan fingerprint density at radius 2 is 1.32 bits per heavy atom. The zero-order valence-corrected chi connectivity index (χ0v) is 11.5. The first-order chi connectivity index (χ1) is 9.38. The van der Waals surface area contributed by atoms with E-state index in [1.165, 1.54) is 32.1 Å². The minimum Gasteiger partial charge on any atom is -0.375 e. The van der Waals surface area contributed by atoms with Gasteiger partial charge in [-0.25, -0.2) is 0 Å². The molecule has 3 heterocycles. The number of epoxide rings is 3. The molecule has 4 fully saturated rings. The van der Waals surface area contributed by atoms with Crippen molar-refractivity contribution >= 4 is 0 Å². The number of rotatable bonds is 7. The van der Waals surface area contributed by atoms with Crippen molar-refractivity contribution in [2.45, 2.75) is 56.5 Å². The van der Waals surface area contributed by atoms with E-state index in [4.69, 9.17) is 18.9 Å². The van der Waals surface area contributed by atoms with Crippen molar-refractivity contribution < 1.29 is 18.9 Å². The van der Waals surface area contributed by atoms with Crippen molar-refractivity contribution in [3.05, 3.63) is 0 Å². The summed E-state index contributed by atoms with van der Waals surface area (Å²) in [5, 5.41) is 0. The van der Waals surface area contributed by atoms with Gasteiger partial charge in [0.25, 0.3) is 0 Å². The lowest BCUT2D eigenvalue weighted by atomic mass is 9.75. The SMILES string of the molecule is C1CC(CC2CO2)C(OCC2CO2)C(CC2CO2)C1. The Labute approximate surface area is 114 Å². The topological polar surface area (TPSA) is 46.8 Å². The molecular formula is C15H24O4. The van der Waals surface area contributed by atoms with E-state index in [9.17, 15) is 0 Å². The average Bonchev–Trinajstić information content (AvgIpc) is 3.24. The van der Waals surface area contributed by atoms with Crippen molar-refractivity contribution in [3.8, 4) is 0 Å². The average molecular weight is 268 g/mol. The van der Waals surface area contributed by atoms with Gasteiger partial charge < -0.3 is 18.9 Å². The van der Waals surface area contributed by atoms with E-state index >= 15 is 0 Å². The third-order valence-electron chi connectivity index (χ3n) is 4.89. The molecule has 5 atom stereocenters. The number of hydrogen-bond donors (Lipinski definition) is 0. The highest BCUT2D eigenvalue weighted by Gasteiger charge is 2.41. The maximum absolute atomic E-state index is 6.25. The van der Waals surface area contributed by atoms with Crippen LogP contribution in [0.4, 0.5) is 0 Å². The first-order valence-electron chi connectivity index (χ1n) is 7.85. The predicted octanol–water partition coefficient (Wildman–Crippen LogP) is 1.76. The molecule has 1 saturated carbocycles. The Hall–Kier alpha value is -0.160. The zero-order valence-electron chi connectivity index (χ0n) is 11.5. The van der Waals surface area contributed by atoms with Crippen molar-refractivity contribution in [1.29, 1.82) is 0 Å². The molecule has 4 aliphatic rings. The van der Waals surface area contributed by atoms with Crippen LogP contribution in [0.3, 0.4) is 0 Å². The van der Waals surface area contributed by atoms with Crippen LogP contribution in [0, 0.1) is 11.8 Å². The monoisotopic (exact) mass is 268 g/mol. The first kappa shape index (κ1) is 12.6. The summed E-state index contributed by atoms with van der Waals surface area (Å²) in [4.78, 5) is 0. The fraction of sp³-hybridized carbons (Fsp3) is 1.00. The minimum atomic E-state index is 0.373. The van der Waals surface area contributed by atoms with E-state index in [0.29, 0.717) is 36.3 Å². The third kappa shape index (κ3) is 3.48. The van der Waals surface area contributed by atoms with Crippen LogP contribution < -0.4 is 0 Å². The Balaban J connectivity index is 1.37. The van der Waals surface area contributed by atoms with E-state index in [1.54, 1.807) is 0 Å². The molecule has 0 amide bonds. The fourth-order valence-corrected chi connectivity index (χ4v) is 3.60. The molecule has 0 radical (unpaired) electrons. The zero-order chi connectivity index (χ0) is 12.7. The summed E-state index contributed by atoms with van der Waals surface area (Å²) in [6.07, 6.45) is 8.15. The second-order valence-corrected chi connectivity index (χ2v) is 6.59. The predicted molar refractivity (Wildman–Crippen MR) is 69.0 cm³/mol. The van der Waals surface area contributed by atoms with Crippen molar-refractivity contribution in [1.82, 2.24) is 0 Å². The molecule has 0 N–H and O–H groups in total. The van der Waals surface area contributed by atoms with Gasteiger partial charge in [-0.15, -0.1) is 0 Å². The molecule has 4 rings (SSSR count). The Morgan fingerprint density at radius 3 is 1.79 bits per heavy atom. The van der Waals surface area contributed by atoms with Crippen molar-refractivity contribution in [2.75, 3.05) is 26.4 Å². The lowest BCUT2D eigenvalue weighted by Crippen LogP contribution is -2.38. The molecule has 3 aliphatic heterocycles. The van der Waals surface area contributed by atoms with Gasteiger partial charge >= 0.3 is 0 Å². The van der Waals surface area contributed by atoms with Gasteiger partial charge in [-0.05, 0) is 37.5 Å². The van der Waals surface area contributed by atoms with Gasteiger partial charge in [0.2, 0.25) is 0 Å². The van der Waals surface area contributed by atoms with E-state index in [2.05, 4.69) is 0 Å². The van der Waals surface area contributed by atoms with E-state index in [0.717, 1.165) is 26.4 Å². The maximum atomic E-state index is 6.25. The van der Waals surface area contributed by atoms with Crippen LogP contribution in [0.2, 0.25) is 0 Å². The van der Waals surface area contributed by atoms with Gasteiger partial charge in [-0.3, -0.25) is 0 Å². The van der Waals surface area contributed by atoms with E-state index < -0.39 is 0 Å². The summed E-state index contributed by atoms with van der Waals surface area (Å²) in [6.45, 7) is 3.60. The van der Waals surface area contributed by atoms with Gasteiger partial charge in [0.15, 0.2) is 0 Å². The van der Waals surface area contributed by atoms with Gasteiger partial charge in [-0.1, -0.05) is 6.42 Å². The van der Waals surface area contributed by atoms with Crippen molar-refractivity contribution in [2.24, 2.45) is 11.8 Å². The van der Waals surface area contributed by atoms with Crippen LogP contribution in [-0.2, 0) is 18.9 Å². The Kier molecular flexibility index (Phi) is 3.52. The highest BCUT2D eigenvalue weighted by Crippen LogP contribution is 2.40. The standard InChI is InChI=1S/C15H24O4/c1-2-10(4-12-6-16-12)15(19-9-14-8-18-14)11(3-1)5-13-7-17-13/h10-15H,1-9H2. The number of ether oxygens (including phenoxy) is 4. The first-order valence-corrected chi connectivity index (χ1v) is 7.85. The number of hydrogen-bond acceptors (Lipinski definition) is 4. The lowest BCUT2D eigenvalue weighted by Gasteiger charge is -2.38. The van der Waals surface area contributed by atoms with Crippen LogP contribution in [0.1, 0.15) is 32.1 Å². The summed E-state index contributed by atoms with van der Waals surface area (Å²) in [5.74, 6) is 1.37. The van der Waals surface area contributed by atoms with Gasteiger partial charge in [-0.2, -0.15) is 0 Å². The largest absolute Gasteiger partial charge is 0.375 e. The molecule has 0 bridgehead atoms. The Bertz CT molecular complexity index is 287. The molecule has 4 nitrogen and oxygen atoms in total. The minimum absolute atomic E-state index is 0.373. The van der Waals surface area contributed by atoms with Crippen LogP contribution in [0.5, 0.6) is 0 Å². The van der Waals surface area contributed by atoms with Crippen LogP contribution in [0.25, 0.3) is 0 Å². The summed E-state index contributed by atoms with van der Waals surface area (Å²) in [5.41, 5.74) is 0. The highest BCUT2D eigenvalue weighted by atomic mass is 16.6. The lowest BCUT2D eigenvalue weighted by molar-refractivity contribution is -0.0605. The molecule has 1 aliphatic carbocycles. The summed E-state index contributed by atoms with van der Waals surface area (Å²) < 4.78 is 22.4. The molecular weight excluding hydrogens is 244 g/mol. The van der Waals surface area contributed by atoms with Gasteiger partial charge in [0.05, 0.1) is 44.7 Å². The van der Waals surface area contributed by atoms with E-state index in [1.807, 2.05) is 0 Å². The summed E-state index contributed by atoms with van der Waals surface area (Å²) >= 11 is 0. The quantitative estimate of drug-likeness (QED) is 0.660. The molecule has 3 saturated heterocycles. The third-order valence-corrected chi connectivity index (χ3v) is 4.89. The van der Waals surface area contributed by atoms with Gasteiger partial charge in [0, 0.05) is 0 Å². The molecule has 0 aromatic rings. The van der Waals surface area contributed by atoms with Crippen LogP contribution in [0.15, 0.2) is 0 Å². The fourth-order valence-electron chi connectivity index (χ4n) is 3.60. The molecule has 19 heavy (non-hydrogen) atoms. The second-order valence-electron chi connectivity index (χ2n) is 6.59. The molecule has 108 valence electrons. The van der Waals surface area contributed by atoms with E-state index in [-0.39, 0.29) is 0 Å². The molecule has 0 spiro atoms. The Morgan fingerprint density at radius 1 is 0.789 bits per heavy atom. The molecule has 5 unspecified atom stereocenters. The highest BCUT2D eigenvalue weighted by molar-refractivity contribution is 4.90. The van der Waals surface area contributed by atoms with Crippen LogP contribution in [-0.4, -0.2) is 50.8 Å². The molecule has 0 aromatic heterocycles. The van der Waals surface area contributed by atoms with Crippen molar-refractivity contribution in [3.63, 3.8) is 0 Å². The molecule has 0 aromatic carbocycles. The maximum Gasteiger partial charge on any atom is 0.104 e. The summed E-state index contributed by atoms with van der Waals surface area (Å²) in [7, 11) is 0. The normalized spacial score (nSPS) is 48.0. The summed E-state index contributed by atoms with van der Waals surface area (Å²) in [6, 6.07) is 0. The second kappa shape index (κ2) is 5.32. The molecule has 4 heteroatoms. The van der Waals surface area contributed by atoms with Crippen LogP contribution >= 0.6 is 0 Å².